The molecule has 0 aromatic heterocycles. The van der Waals surface area contributed by atoms with Gasteiger partial charge in [0.1, 0.15) is 6.54 Å². The van der Waals surface area contributed by atoms with E-state index in [4.69, 9.17) is 5.11 Å². The number of hydrogen-bond acceptors (Lipinski definition) is 2. The monoisotopic (exact) mass is 213 g/mol. The van der Waals surface area contributed by atoms with Gasteiger partial charge in [-0.25, -0.2) is 0 Å². The molecule has 2 unspecified atom stereocenters. The van der Waals surface area contributed by atoms with Crippen LogP contribution in [0.1, 0.15) is 32.6 Å². The maximum Gasteiger partial charge on any atom is 0.323 e. The summed E-state index contributed by atoms with van der Waals surface area (Å²) < 4.78 is 0. The lowest BCUT2D eigenvalue weighted by Gasteiger charge is -2.17. The molecule has 1 rings (SSSR count). The van der Waals surface area contributed by atoms with E-state index < -0.39 is 5.97 Å². The topological polar surface area (TPSA) is 57.6 Å². The minimum Gasteiger partial charge on any atom is -0.480 e. The minimum absolute atomic E-state index is 0.0449. The smallest absolute Gasteiger partial charge is 0.323 e. The molecule has 0 radical (unpaired) electrons. The number of amides is 1. The van der Waals surface area contributed by atoms with Gasteiger partial charge in [-0.3, -0.25) is 9.59 Å². The summed E-state index contributed by atoms with van der Waals surface area (Å²) >= 11 is 0. The molecular weight excluding hydrogens is 194 g/mol. The lowest BCUT2D eigenvalue weighted by molar-refractivity contribution is -0.143. The van der Waals surface area contributed by atoms with Crippen LogP contribution in [0.4, 0.5) is 0 Å². The Bertz CT molecular complexity index is 252. The third-order valence-electron chi connectivity index (χ3n) is 3.06. The molecule has 86 valence electrons. The third-order valence-corrected chi connectivity index (χ3v) is 3.06. The normalized spacial score (nSPS) is 25.2. The van der Waals surface area contributed by atoms with Crippen LogP contribution in [0.5, 0.6) is 0 Å². The molecule has 4 heteroatoms. The largest absolute Gasteiger partial charge is 0.480 e. The van der Waals surface area contributed by atoms with Gasteiger partial charge < -0.3 is 10.0 Å². The van der Waals surface area contributed by atoms with Crippen LogP contribution in [-0.2, 0) is 9.59 Å². The van der Waals surface area contributed by atoms with Crippen LogP contribution in [-0.4, -0.2) is 35.5 Å². The van der Waals surface area contributed by atoms with Crippen LogP contribution in [0, 0.1) is 11.8 Å². The molecule has 1 saturated carbocycles. The number of aliphatic carboxylic acids is 1. The van der Waals surface area contributed by atoms with Gasteiger partial charge in [-0.15, -0.1) is 0 Å². The predicted octanol–water partition coefficient (Wildman–Crippen LogP) is 1.36. The summed E-state index contributed by atoms with van der Waals surface area (Å²) in [6.07, 6.45) is 3.91. The van der Waals surface area contributed by atoms with Crippen molar-refractivity contribution in [3.8, 4) is 0 Å². The highest BCUT2D eigenvalue weighted by Gasteiger charge is 2.25. The van der Waals surface area contributed by atoms with Gasteiger partial charge >= 0.3 is 5.97 Å². The van der Waals surface area contributed by atoms with Crippen molar-refractivity contribution in [2.24, 2.45) is 11.8 Å². The Labute approximate surface area is 90.3 Å². The fraction of sp³-hybridized carbons (Fsp3) is 0.818. The van der Waals surface area contributed by atoms with E-state index in [-0.39, 0.29) is 12.5 Å². The molecular formula is C11H19NO3. The van der Waals surface area contributed by atoms with Crippen molar-refractivity contribution in [3.63, 3.8) is 0 Å². The molecule has 1 amide bonds. The van der Waals surface area contributed by atoms with E-state index in [1.54, 1.807) is 7.05 Å². The molecule has 0 bridgehead atoms. The van der Waals surface area contributed by atoms with Crippen LogP contribution in [0.25, 0.3) is 0 Å². The molecule has 0 aliphatic heterocycles. The van der Waals surface area contributed by atoms with Crippen molar-refractivity contribution >= 4 is 11.9 Å². The molecule has 0 aromatic carbocycles. The first-order chi connectivity index (χ1) is 6.99. The number of nitrogens with zero attached hydrogens (tertiary/aromatic N) is 1. The van der Waals surface area contributed by atoms with E-state index >= 15 is 0 Å². The molecule has 1 N–H and O–H groups in total. The van der Waals surface area contributed by atoms with E-state index in [2.05, 4.69) is 6.92 Å². The van der Waals surface area contributed by atoms with Gasteiger partial charge in [0.05, 0.1) is 0 Å². The number of carbonyl (C=O) groups excluding carboxylic acids is 1. The third kappa shape index (κ3) is 3.90. The van der Waals surface area contributed by atoms with E-state index in [0.29, 0.717) is 18.3 Å². The number of hydrogen-bond donors (Lipinski definition) is 1. The maximum atomic E-state index is 11.6. The number of carbonyl (C=O) groups is 2. The Hall–Kier alpha value is -1.06. The number of likely N-dealkylation sites (N-methyl/N-ethyl adjacent to an activating group) is 1. The summed E-state index contributed by atoms with van der Waals surface area (Å²) in [6, 6.07) is 0. The first-order valence-corrected chi connectivity index (χ1v) is 5.44. The van der Waals surface area contributed by atoms with E-state index in [1.165, 1.54) is 11.3 Å². The van der Waals surface area contributed by atoms with Gasteiger partial charge in [-0.1, -0.05) is 13.3 Å². The summed E-state index contributed by atoms with van der Waals surface area (Å²) in [7, 11) is 1.55. The Morgan fingerprint density at radius 3 is 2.53 bits per heavy atom. The lowest BCUT2D eigenvalue weighted by Crippen LogP contribution is -2.32. The lowest BCUT2D eigenvalue weighted by atomic mass is 10.0. The van der Waals surface area contributed by atoms with Gasteiger partial charge in [-0.05, 0) is 24.7 Å². The molecule has 1 aliphatic carbocycles. The van der Waals surface area contributed by atoms with Gasteiger partial charge in [0.2, 0.25) is 5.91 Å². The van der Waals surface area contributed by atoms with E-state index in [1.807, 2.05) is 0 Å². The molecule has 15 heavy (non-hydrogen) atoms. The van der Waals surface area contributed by atoms with Gasteiger partial charge in [0, 0.05) is 13.5 Å². The second kappa shape index (κ2) is 5.14. The molecule has 0 aromatic rings. The summed E-state index contributed by atoms with van der Waals surface area (Å²) in [5.74, 6) is 0.179. The van der Waals surface area contributed by atoms with Crippen LogP contribution >= 0.6 is 0 Å². The number of carboxylic acid groups (broad SMARTS) is 1. The van der Waals surface area contributed by atoms with Crippen LogP contribution in [0.2, 0.25) is 0 Å². The second-order valence-electron chi connectivity index (χ2n) is 4.63. The Morgan fingerprint density at radius 1 is 1.40 bits per heavy atom. The highest BCUT2D eigenvalue weighted by Crippen LogP contribution is 2.32. The standard InChI is InChI=1S/C11H19NO3/c1-8-3-4-9(5-8)6-10(13)12(2)7-11(14)15/h8-9H,3-7H2,1-2H3,(H,14,15). The van der Waals surface area contributed by atoms with Gasteiger partial charge in [0.15, 0.2) is 0 Å². The fourth-order valence-electron chi connectivity index (χ4n) is 2.20. The van der Waals surface area contributed by atoms with E-state index in [0.717, 1.165) is 12.8 Å². The molecule has 1 aliphatic rings. The number of carboxylic acids is 1. The summed E-state index contributed by atoms with van der Waals surface area (Å²) in [6.45, 7) is 2.01. The van der Waals surface area contributed by atoms with Crippen molar-refractivity contribution in [1.29, 1.82) is 0 Å². The summed E-state index contributed by atoms with van der Waals surface area (Å²) in [4.78, 5) is 23.3. The van der Waals surface area contributed by atoms with E-state index in [9.17, 15) is 9.59 Å². The summed E-state index contributed by atoms with van der Waals surface area (Å²) in [5, 5.41) is 8.54. The molecule has 4 nitrogen and oxygen atoms in total. The zero-order valence-electron chi connectivity index (χ0n) is 9.40. The average molecular weight is 213 g/mol. The zero-order valence-corrected chi connectivity index (χ0v) is 9.40. The first-order valence-electron chi connectivity index (χ1n) is 5.44. The molecule has 0 saturated heterocycles. The first kappa shape index (κ1) is 12.0. The van der Waals surface area contributed by atoms with Crippen molar-refractivity contribution in [1.82, 2.24) is 4.90 Å². The Morgan fingerprint density at radius 2 is 2.07 bits per heavy atom. The van der Waals surface area contributed by atoms with Crippen LogP contribution in [0.3, 0.4) is 0 Å². The Kier molecular flexibility index (Phi) is 4.12. The van der Waals surface area contributed by atoms with Gasteiger partial charge in [-0.2, -0.15) is 0 Å². The van der Waals surface area contributed by atoms with Gasteiger partial charge in [0.25, 0.3) is 0 Å². The van der Waals surface area contributed by atoms with Crippen molar-refractivity contribution in [2.45, 2.75) is 32.6 Å². The molecule has 2 atom stereocenters. The fourth-order valence-corrected chi connectivity index (χ4v) is 2.20. The predicted molar refractivity (Wildman–Crippen MR) is 56.4 cm³/mol. The molecule has 1 fully saturated rings. The highest BCUT2D eigenvalue weighted by molar-refractivity contribution is 5.81. The summed E-state index contributed by atoms with van der Waals surface area (Å²) in [5.41, 5.74) is 0. The zero-order chi connectivity index (χ0) is 11.4. The van der Waals surface area contributed by atoms with Crippen LogP contribution < -0.4 is 0 Å². The number of rotatable bonds is 4. The quantitative estimate of drug-likeness (QED) is 0.767. The minimum atomic E-state index is -0.953. The molecule has 0 heterocycles. The van der Waals surface area contributed by atoms with Crippen molar-refractivity contribution in [2.75, 3.05) is 13.6 Å². The van der Waals surface area contributed by atoms with Crippen molar-refractivity contribution in [3.05, 3.63) is 0 Å². The second-order valence-corrected chi connectivity index (χ2v) is 4.63. The SMILES string of the molecule is CC1CCC(CC(=O)N(C)CC(=O)O)C1. The molecule has 0 spiro atoms. The highest BCUT2D eigenvalue weighted by atomic mass is 16.4. The maximum absolute atomic E-state index is 11.6. The van der Waals surface area contributed by atoms with Crippen LogP contribution in [0.15, 0.2) is 0 Å². The average Bonchev–Trinajstić information content (AvgIpc) is 2.50. The van der Waals surface area contributed by atoms with Crippen molar-refractivity contribution < 1.29 is 14.7 Å². The Balaban J connectivity index is 2.31.